The number of hydrogen-bond donors (Lipinski definition) is 1. The highest BCUT2D eigenvalue weighted by molar-refractivity contribution is 5.20. The largest absolute Gasteiger partial charge is 0.394 e. The Balaban J connectivity index is 1.84. The number of benzene rings is 1. The van der Waals surface area contributed by atoms with Crippen molar-refractivity contribution in [1.29, 1.82) is 0 Å². The van der Waals surface area contributed by atoms with Gasteiger partial charge in [0.2, 0.25) is 0 Å². The molecular weight excluding hydrogens is 216 g/mol. The van der Waals surface area contributed by atoms with Crippen LogP contribution in [0.25, 0.3) is 0 Å². The maximum Gasteiger partial charge on any atom is 0.169 e. The Morgan fingerprint density at radius 1 is 1.12 bits per heavy atom. The Morgan fingerprint density at radius 3 is 2.47 bits per heavy atom. The lowest BCUT2D eigenvalue weighted by atomic mass is 10.1. The summed E-state index contributed by atoms with van der Waals surface area (Å²) in [5.74, 6) is -0.423. The Kier molecular flexibility index (Phi) is 2.90. The van der Waals surface area contributed by atoms with E-state index in [1.54, 1.807) is 0 Å². The smallest absolute Gasteiger partial charge is 0.169 e. The van der Waals surface area contributed by atoms with Crippen molar-refractivity contribution in [2.24, 2.45) is 0 Å². The van der Waals surface area contributed by atoms with Crippen molar-refractivity contribution in [3.05, 3.63) is 35.9 Å². The molecule has 3 rings (SSSR count). The third-order valence-electron chi connectivity index (χ3n) is 3.72. The Labute approximate surface area is 101 Å². The van der Waals surface area contributed by atoms with Crippen LogP contribution in [0.4, 0.5) is 0 Å². The number of hydrogen-bond acceptors (Lipinski definition) is 3. The van der Waals surface area contributed by atoms with Crippen LogP contribution in [0.2, 0.25) is 0 Å². The molecule has 1 aliphatic carbocycles. The first kappa shape index (κ1) is 11.2. The van der Waals surface area contributed by atoms with Crippen molar-refractivity contribution in [3.8, 4) is 0 Å². The molecule has 0 aromatic heterocycles. The first-order valence-corrected chi connectivity index (χ1v) is 6.34. The molecular formula is C14H18O3. The highest BCUT2D eigenvalue weighted by atomic mass is 16.8. The van der Waals surface area contributed by atoms with Gasteiger partial charge in [0.25, 0.3) is 0 Å². The topological polar surface area (TPSA) is 38.7 Å². The lowest BCUT2D eigenvalue weighted by molar-refractivity contribution is -0.172. The van der Waals surface area contributed by atoms with Gasteiger partial charge in [-0.2, -0.15) is 0 Å². The highest BCUT2D eigenvalue weighted by Crippen LogP contribution is 2.46. The van der Waals surface area contributed by atoms with E-state index in [0.29, 0.717) is 0 Å². The molecule has 3 heteroatoms. The first-order valence-electron chi connectivity index (χ1n) is 6.34. The van der Waals surface area contributed by atoms with Crippen molar-refractivity contribution in [3.63, 3.8) is 0 Å². The van der Waals surface area contributed by atoms with E-state index in [4.69, 9.17) is 9.47 Å². The molecule has 0 bridgehead atoms. The molecule has 1 heterocycles. The van der Waals surface area contributed by atoms with Crippen LogP contribution >= 0.6 is 0 Å². The second kappa shape index (κ2) is 4.41. The highest BCUT2D eigenvalue weighted by Gasteiger charge is 2.49. The average Bonchev–Trinajstić information content (AvgIpc) is 2.98. The summed E-state index contributed by atoms with van der Waals surface area (Å²) in [6.45, 7) is 0.0152. The zero-order chi connectivity index (χ0) is 11.7. The van der Waals surface area contributed by atoms with E-state index < -0.39 is 5.79 Å². The monoisotopic (exact) mass is 234 g/mol. The van der Waals surface area contributed by atoms with Gasteiger partial charge in [-0.1, -0.05) is 30.3 Å². The van der Waals surface area contributed by atoms with E-state index in [-0.39, 0.29) is 18.8 Å². The summed E-state index contributed by atoms with van der Waals surface area (Å²) in [6.07, 6.45) is 3.86. The van der Waals surface area contributed by atoms with Crippen LogP contribution < -0.4 is 0 Å². The number of rotatable bonds is 2. The summed E-state index contributed by atoms with van der Waals surface area (Å²) in [5, 5.41) is 9.44. The molecule has 2 fully saturated rings. The molecule has 17 heavy (non-hydrogen) atoms. The number of aliphatic hydroxyl groups is 1. The van der Waals surface area contributed by atoms with E-state index in [2.05, 4.69) is 0 Å². The zero-order valence-electron chi connectivity index (χ0n) is 9.84. The molecule has 92 valence electrons. The molecule has 2 aliphatic rings. The summed E-state index contributed by atoms with van der Waals surface area (Å²) in [4.78, 5) is 0. The van der Waals surface area contributed by atoms with Gasteiger partial charge in [0.1, 0.15) is 12.2 Å². The molecule has 1 saturated heterocycles. The van der Waals surface area contributed by atoms with Gasteiger partial charge >= 0.3 is 0 Å². The van der Waals surface area contributed by atoms with E-state index in [9.17, 15) is 5.11 Å². The molecule has 0 amide bonds. The van der Waals surface area contributed by atoms with Gasteiger partial charge in [0.15, 0.2) is 5.79 Å². The minimum Gasteiger partial charge on any atom is -0.394 e. The van der Waals surface area contributed by atoms with Gasteiger partial charge < -0.3 is 14.6 Å². The Hall–Kier alpha value is -0.900. The Morgan fingerprint density at radius 2 is 1.82 bits per heavy atom. The SMILES string of the molecule is OC[C@@H]1OC2(CCCC2)O[C@H]1c1ccccc1. The molecule has 3 nitrogen and oxygen atoms in total. The van der Waals surface area contributed by atoms with Gasteiger partial charge in [-0.3, -0.25) is 0 Å². The van der Waals surface area contributed by atoms with E-state index in [0.717, 1.165) is 31.2 Å². The van der Waals surface area contributed by atoms with E-state index in [1.807, 2.05) is 30.3 Å². The predicted molar refractivity (Wildman–Crippen MR) is 63.4 cm³/mol. The van der Waals surface area contributed by atoms with Crippen LogP contribution in [0.3, 0.4) is 0 Å². The summed E-state index contributed by atoms with van der Waals surface area (Å²) in [5.41, 5.74) is 1.09. The fourth-order valence-electron chi connectivity index (χ4n) is 2.88. The van der Waals surface area contributed by atoms with Crippen LogP contribution in [0.5, 0.6) is 0 Å². The fourth-order valence-corrected chi connectivity index (χ4v) is 2.88. The van der Waals surface area contributed by atoms with Crippen molar-refractivity contribution >= 4 is 0 Å². The molecule has 1 aromatic carbocycles. The van der Waals surface area contributed by atoms with Crippen LogP contribution in [0, 0.1) is 0 Å². The third-order valence-corrected chi connectivity index (χ3v) is 3.72. The molecule has 0 radical (unpaired) electrons. The van der Waals surface area contributed by atoms with Gasteiger partial charge in [0.05, 0.1) is 6.61 Å². The average molecular weight is 234 g/mol. The van der Waals surface area contributed by atoms with Crippen molar-refractivity contribution in [1.82, 2.24) is 0 Å². The van der Waals surface area contributed by atoms with E-state index in [1.165, 1.54) is 0 Å². The molecule has 0 unspecified atom stereocenters. The molecule has 1 saturated carbocycles. The van der Waals surface area contributed by atoms with Crippen LogP contribution in [-0.4, -0.2) is 23.6 Å². The molecule has 1 aliphatic heterocycles. The zero-order valence-corrected chi connectivity index (χ0v) is 9.84. The van der Waals surface area contributed by atoms with Gasteiger partial charge in [-0.15, -0.1) is 0 Å². The quantitative estimate of drug-likeness (QED) is 0.854. The van der Waals surface area contributed by atoms with Gasteiger partial charge in [-0.25, -0.2) is 0 Å². The Bertz CT molecular complexity index is 370. The van der Waals surface area contributed by atoms with Crippen molar-refractivity contribution in [2.75, 3.05) is 6.61 Å². The summed E-state index contributed by atoms with van der Waals surface area (Å²) in [7, 11) is 0. The minimum atomic E-state index is -0.423. The van der Waals surface area contributed by atoms with E-state index >= 15 is 0 Å². The van der Waals surface area contributed by atoms with Gasteiger partial charge in [-0.05, 0) is 18.4 Å². The molecule has 1 N–H and O–H groups in total. The lowest BCUT2D eigenvalue weighted by Crippen LogP contribution is -2.27. The van der Waals surface area contributed by atoms with Crippen molar-refractivity contribution < 1.29 is 14.6 Å². The summed E-state index contributed by atoms with van der Waals surface area (Å²) >= 11 is 0. The second-order valence-corrected chi connectivity index (χ2v) is 4.91. The standard InChI is InChI=1S/C14H18O3/c15-10-12-13(11-6-2-1-3-7-11)17-14(16-12)8-4-5-9-14/h1-3,6-7,12-13,15H,4-5,8-10H2/t12-,13-/m0/s1. The van der Waals surface area contributed by atoms with Crippen LogP contribution in [-0.2, 0) is 9.47 Å². The lowest BCUT2D eigenvalue weighted by Gasteiger charge is -2.21. The second-order valence-electron chi connectivity index (χ2n) is 4.91. The maximum atomic E-state index is 9.44. The van der Waals surface area contributed by atoms with Gasteiger partial charge in [0, 0.05) is 12.8 Å². The van der Waals surface area contributed by atoms with Crippen LogP contribution in [0.1, 0.15) is 37.4 Å². The molecule has 1 aromatic rings. The third kappa shape index (κ3) is 1.99. The first-order chi connectivity index (χ1) is 8.33. The predicted octanol–water partition coefficient (Wildman–Crippen LogP) is 2.41. The van der Waals surface area contributed by atoms with Crippen molar-refractivity contribution in [2.45, 2.75) is 43.7 Å². The molecule has 2 atom stereocenters. The number of aliphatic hydroxyl groups excluding tert-OH is 1. The van der Waals surface area contributed by atoms with Crippen LogP contribution in [0.15, 0.2) is 30.3 Å². The molecule has 1 spiro atoms. The maximum absolute atomic E-state index is 9.44. The summed E-state index contributed by atoms with van der Waals surface area (Å²) < 4.78 is 12.1. The normalized spacial score (nSPS) is 31.1. The summed E-state index contributed by atoms with van der Waals surface area (Å²) in [6, 6.07) is 10.0. The number of ether oxygens (including phenoxy) is 2. The fraction of sp³-hybridized carbons (Fsp3) is 0.571. The minimum absolute atomic E-state index is 0.0152.